The van der Waals surface area contributed by atoms with Gasteiger partial charge in [0.05, 0.1) is 10.6 Å². The summed E-state index contributed by atoms with van der Waals surface area (Å²) >= 11 is 1.66. The van der Waals surface area contributed by atoms with Gasteiger partial charge >= 0.3 is 0 Å². The van der Waals surface area contributed by atoms with Crippen molar-refractivity contribution in [2.75, 3.05) is 17.2 Å². The van der Waals surface area contributed by atoms with Gasteiger partial charge in [0.25, 0.3) is 0 Å². The number of sulfonamides is 1. The first-order valence-corrected chi connectivity index (χ1v) is 9.89. The minimum atomic E-state index is -3.56. The van der Waals surface area contributed by atoms with Gasteiger partial charge in [-0.3, -0.25) is 4.79 Å². The van der Waals surface area contributed by atoms with Gasteiger partial charge in [-0.15, -0.1) is 11.8 Å². The lowest BCUT2D eigenvalue weighted by Gasteiger charge is -2.22. The van der Waals surface area contributed by atoms with Crippen molar-refractivity contribution in [2.45, 2.75) is 49.4 Å². The maximum atomic E-state index is 12.4. The number of rotatable bonds is 4. The fourth-order valence-corrected chi connectivity index (χ4v) is 4.59. The number of carbonyl (C=O) groups is 1. The molecule has 0 unspecified atom stereocenters. The molecule has 0 aromatic heterocycles. The molecule has 0 radical (unpaired) electrons. The zero-order valence-corrected chi connectivity index (χ0v) is 14.8. The Labute approximate surface area is 136 Å². The Morgan fingerprint density at radius 3 is 2.82 bits per heavy atom. The summed E-state index contributed by atoms with van der Waals surface area (Å²) in [5, 5.41) is 0. The van der Waals surface area contributed by atoms with Gasteiger partial charge in [-0.2, -0.15) is 0 Å². The van der Waals surface area contributed by atoms with Crippen molar-refractivity contribution >= 4 is 33.4 Å². The van der Waals surface area contributed by atoms with Crippen LogP contribution in [0.5, 0.6) is 0 Å². The van der Waals surface area contributed by atoms with E-state index in [9.17, 15) is 13.2 Å². The van der Waals surface area contributed by atoms with Gasteiger partial charge in [0.15, 0.2) is 0 Å². The lowest BCUT2D eigenvalue weighted by Crippen LogP contribution is -2.33. The van der Waals surface area contributed by atoms with Crippen LogP contribution in [-0.4, -0.2) is 32.7 Å². The smallest absolute Gasteiger partial charge is 0.240 e. The zero-order chi connectivity index (χ0) is 16.3. The summed E-state index contributed by atoms with van der Waals surface area (Å²) < 4.78 is 27.5. The molecule has 0 aliphatic carbocycles. The van der Waals surface area contributed by atoms with Crippen LogP contribution in [0.4, 0.5) is 5.69 Å². The first-order chi connectivity index (χ1) is 10.3. The van der Waals surface area contributed by atoms with Crippen molar-refractivity contribution in [3.8, 4) is 0 Å². The average molecular weight is 342 g/mol. The third-order valence-electron chi connectivity index (χ3n) is 3.66. The average Bonchev–Trinajstić information content (AvgIpc) is 2.68. The first-order valence-electron chi connectivity index (χ1n) is 7.42. The van der Waals surface area contributed by atoms with Crippen LogP contribution < -0.4 is 9.62 Å². The van der Waals surface area contributed by atoms with Gasteiger partial charge in [-0.25, -0.2) is 13.1 Å². The highest BCUT2D eigenvalue weighted by molar-refractivity contribution is 7.99. The fraction of sp³-hybridized carbons (Fsp3) is 0.533. The molecule has 1 aromatic carbocycles. The monoisotopic (exact) mass is 342 g/mol. The summed E-state index contributed by atoms with van der Waals surface area (Å²) in [4.78, 5) is 14.7. The van der Waals surface area contributed by atoms with Crippen LogP contribution in [0.2, 0.25) is 0 Å². The quantitative estimate of drug-likeness (QED) is 0.913. The van der Waals surface area contributed by atoms with E-state index in [2.05, 4.69) is 4.72 Å². The number of hydrogen-bond acceptors (Lipinski definition) is 4. The molecule has 1 aromatic rings. The third kappa shape index (κ3) is 3.83. The molecule has 0 fully saturated rings. The Balaban J connectivity index is 2.43. The SMILES string of the molecule is CC[C@@H](C)NS(=O)(=O)c1ccc2c(c1)N(C(C)=O)CCCS2. The Morgan fingerprint density at radius 2 is 2.18 bits per heavy atom. The maximum Gasteiger partial charge on any atom is 0.240 e. The second-order valence-corrected chi connectivity index (χ2v) is 8.28. The molecule has 1 N–H and O–H groups in total. The van der Waals surface area contributed by atoms with Gasteiger partial charge < -0.3 is 4.90 Å². The van der Waals surface area contributed by atoms with E-state index in [0.717, 1.165) is 23.5 Å². The normalized spacial score (nSPS) is 16.8. The summed E-state index contributed by atoms with van der Waals surface area (Å²) in [6, 6.07) is 4.90. The van der Waals surface area contributed by atoms with Gasteiger partial charge in [0.2, 0.25) is 15.9 Å². The van der Waals surface area contributed by atoms with Crippen LogP contribution in [0.3, 0.4) is 0 Å². The Morgan fingerprint density at radius 1 is 1.45 bits per heavy atom. The molecule has 1 aliphatic heterocycles. The van der Waals surface area contributed by atoms with Crippen molar-refractivity contribution in [3.05, 3.63) is 18.2 Å². The molecule has 0 saturated heterocycles. The summed E-state index contributed by atoms with van der Waals surface area (Å²) in [6.45, 7) is 5.90. The minimum Gasteiger partial charge on any atom is -0.311 e. The number of hydrogen-bond donors (Lipinski definition) is 1. The number of anilines is 1. The van der Waals surface area contributed by atoms with Crippen molar-refractivity contribution in [1.29, 1.82) is 0 Å². The van der Waals surface area contributed by atoms with Crippen molar-refractivity contribution in [3.63, 3.8) is 0 Å². The van der Waals surface area contributed by atoms with Crippen molar-refractivity contribution < 1.29 is 13.2 Å². The molecule has 22 heavy (non-hydrogen) atoms. The summed E-state index contributed by atoms with van der Waals surface area (Å²) in [6.07, 6.45) is 1.62. The van der Waals surface area contributed by atoms with Crippen molar-refractivity contribution in [1.82, 2.24) is 4.72 Å². The van der Waals surface area contributed by atoms with E-state index < -0.39 is 10.0 Å². The lowest BCUT2D eigenvalue weighted by atomic mass is 10.2. The molecule has 7 heteroatoms. The molecule has 0 saturated carbocycles. The van der Waals surface area contributed by atoms with Crippen LogP contribution in [-0.2, 0) is 14.8 Å². The van der Waals surface area contributed by atoms with Crippen LogP contribution in [0.1, 0.15) is 33.6 Å². The number of carbonyl (C=O) groups excluding carboxylic acids is 1. The topological polar surface area (TPSA) is 66.5 Å². The molecular weight excluding hydrogens is 320 g/mol. The fourth-order valence-electron chi connectivity index (χ4n) is 2.27. The number of nitrogens with one attached hydrogen (secondary N) is 1. The third-order valence-corrected chi connectivity index (χ3v) is 6.40. The molecule has 0 spiro atoms. The Kier molecular flexibility index (Phi) is 5.52. The van der Waals surface area contributed by atoms with Crippen LogP contribution in [0.25, 0.3) is 0 Å². The minimum absolute atomic E-state index is 0.0619. The van der Waals surface area contributed by atoms with E-state index in [4.69, 9.17) is 0 Å². The molecular formula is C15H22N2O3S2. The molecule has 5 nitrogen and oxygen atoms in total. The van der Waals surface area contributed by atoms with Crippen molar-refractivity contribution in [2.24, 2.45) is 0 Å². The van der Waals surface area contributed by atoms with Gasteiger partial charge in [0.1, 0.15) is 0 Å². The summed E-state index contributed by atoms with van der Waals surface area (Å²) in [5.41, 5.74) is 0.696. The lowest BCUT2D eigenvalue weighted by molar-refractivity contribution is -0.116. The van der Waals surface area contributed by atoms with E-state index in [-0.39, 0.29) is 16.8 Å². The second-order valence-electron chi connectivity index (χ2n) is 5.43. The Bertz CT molecular complexity index is 659. The zero-order valence-electron chi connectivity index (χ0n) is 13.1. The van der Waals surface area contributed by atoms with E-state index >= 15 is 0 Å². The van der Waals surface area contributed by atoms with E-state index in [1.54, 1.807) is 34.9 Å². The predicted octanol–water partition coefficient (Wildman–Crippen LogP) is 2.61. The van der Waals surface area contributed by atoms with Crippen LogP contribution in [0, 0.1) is 0 Å². The standard InChI is InChI=1S/C15H22N2O3S2/c1-4-11(2)16-22(19,20)13-6-7-15-14(10-13)17(12(3)18)8-5-9-21-15/h6-7,10-11,16H,4-5,8-9H2,1-3H3/t11-/m1/s1. The van der Waals surface area contributed by atoms with E-state index in [1.165, 1.54) is 6.92 Å². The largest absolute Gasteiger partial charge is 0.311 e. The Hall–Kier alpha value is -1.05. The molecule has 1 atom stereocenters. The second kappa shape index (κ2) is 7.02. The van der Waals surface area contributed by atoms with Gasteiger partial charge in [-0.05, 0) is 43.7 Å². The molecule has 0 bridgehead atoms. The maximum absolute atomic E-state index is 12.4. The highest BCUT2D eigenvalue weighted by Gasteiger charge is 2.23. The highest BCUT2D eigenvalue weighted by Crippen LogP contribution is 2.35. The number of benzene rings is 1. The predicted molar refractivity (Wildman–Crippen MR) is 89.9 cm³/mol. The summed E-state index contributed by atoms with van der Waals surface area (Å²) in [5.74, 6) is 0.863. The van der Waals surface area contributed by atoms with E-state index in [0.29, 0.717) is 12.2 Å². The van der Waals surface area contributed by atoms with Crippen LogP contribution in [0.15, 0.2) is 28.0 Å². The number of nitrogens with zero attached hydrogens (tertiary/aromatic N) is 1. The number of thioether (sulfide) groups is 1. The van der Waals surface area contributed by atoms with Gasteiger partial charge in [0, 0.05) is 24.4 Å². The number of fused-ring (bicyclic) bond motifs is 1. The molecule has 1 aliphatic rings. The highest BCUT2D eigenvalue weighted by atomic mass is 32.2. The molecule has 122 valence electrons. The summed E-state index contributed by atoms with van der Waals surface area (Å²) in [7, 11) is -3.56. The van der Waals surface area contributed by atoms with Gasteiger partial charge in [-0.1, -0.05) is 6.92 Å². The first kappa shape index (κ1) is 17.3. The molecule has 1 amide bonds. The van der Waals surface area contributed by atoms with Crippen LogP contribution >= 0.6 is 11.8 Å². The number of amides is 1. The molecule has 2 rings (SSSR count). The van der Waals surface area contributed by atoms with E-state index in [1.807, 2.05) is 13.8 Å². The molecule has 1 heterocycles.